The molecule has 56 heavy (non-hydrogen) atoms. The fraction of sp³-hybridized carbons (Fsp3) is 0.0588. The standard InChI is InChI=1S/C51H37N5/c1-4-15-34(16-5-1)49-52-50(35-17-6-2-7-18-35)54-51(53-49)38-19-14-22-40(31-38)56-46-26-13-11-24-42(46)44-32-36(28-30-47(44)56)37-27-29-43-41-23-10-12-25-45(41)55(48(43)33-37)39-20-8-3-9-21-39/h1-2,4-8,10-33,49H,3,9H2,(H,52,53,54). The smallest absolute Gasteiger partial charge is 0.159 e. The van der Waals surface area contributed by atoms with Crippen molar-refractivity contribution >= 4 is 61.0 Å². The highest BCUT2D eigenvalue weighted by Gasteiger charge is 2.22. The molecule has 0 spiro atoms. The van der Waals surface area contributed by atoms with E-state index in [4.69, 9.17) is 9.98 Å². The van der Waals surface area contributed by atoms with E-state index in [0.717, 1.165) is 52.1 Å². The highest BCUT2D eigenvalue weighted by Crippen LogP contribution is 2.39. The number of benzene rings is 7. The first-order chi connectivity index (χ1) is 27.8. The summed E-state index contributed by atoms with van der Waals surface area (Å²) in [7, 11) is 0. The van der Waals surface area contributed by atoms with Gasteiger partial charge in [-0.3, -0.25) is 0 Å². The number of hydrogen-bond acceptors (Lipinski definition) is 3. The molecule has 0 amide bonds. The third kappa shape index (κ3) is 5.39. The molecule has 266 valence electrons. The van der Waals surface area contributed by atoms with Gasteiger partial charge in [-0.1, -0.05) is 140 Å². The number of nitrogens with one attached hydrogen (secondary N) is 1. The minimum Gasteiger partial charge on any atom is -0.344 e. The number of nitrogens with zero attached hydrogens (tertiary/aromatic N) is 4. The molecule has 1 atom stereocenters. The summed E-state index contributed by atoms with van der Waals surface area (Å²) in [5, 5.41) is 8.64. The van der Waals surface area contributed by atoms with E-state index in [1.165, 1.54) is 49.4 Å². The summed E-state index contributed by atoms with van der Waals surface area (Å²) in [6.07, 6.45) is 8.81. The van der Waals surface area contributed by atoms with Crippen molar-refractivity contribution in [3.8, 4) is 16.8 Å². The van der Waals surface area contributed by atoms with Gasteiger partial charge < -0.3 is 14.5 Å². The van der Waals surface area contributed by atoms with Gasteiger partial charge in [-0.2, -0.15) is 0 Å². The molecule has 0 saturated heterocycles. The van der Waals surface area contributed by atoms with Crippen molar-refractivity contribution in [2.45, 2.75) is 19.0 Å². The Bertz CT molecular complexity index is 3100. The lowest BCUT2D eigenvalue weighted by Gasteiger charge is -2.24. The van der Waals surface area contributed by atoms with E-state index in [-0.39, 0.29) is 6.17 Å². The van der Waals surface area contributed by atoms with Gasteiger partial charge in [-0.25, -0.2) is 9.98 Å². The number of hydrogen-bond donors (Lipinski definition) is 1. The number of amidine groups is 2. The summed E-state index contributed by atoms with van der Waals surface area (Å²) >= 11 is 0. The van der Waals surface area contributed by atoms with E-state index in [1.807, 2.05) is 24.3 Å². The lowest BCUT2D eigenvalue weighted by atomic mass is 10.0. The summed E-state index contributed by atoms with van der Waals surface area (Å²) in [5.74, 6) is 1.51. The second kappa shape index (κ2) is 13.3. The number of aliphatic imine (C=N–C) groups is 2. The number of para-hydroxylation sites is 2. The molecule has 11 rings (SSSR count). The molecule has 2 aromatic heterocycles. The second-order valence-electron chi connectivity index (χ2n) is 14.6. The van der Waals surface area contributed by atoms with E-state index in [0.29, 0.717) is 5.84 Å². The van der Waals surface area contributed by atoms with Crippen LogP contribution < -0.4 is 5.32 Å². The highest BCUT2D eigenvalue weighted by atomic mass is 15.2. The Labute approximate surface area is 324 Å². The monoisotopic (exact) mass is 719 g/mol. The zero-order chi connectivity index (χ0) is 37.0. The first kappa shape index (κ1) is 32.2. The van der Waals surface area contributed by atoms with Crippen LogP contribution in [0.25, 0.3) is 66.1 Å². The minimum absolute atomic E-state index is 0.259. The van der Waals surface area contributed by atoms with Crippen molar-refractivity contribution in [3.63, 3.8) is 0 Å². The molecule has 7 aromatic carbocycles. The zero-order valence-corrected chi connectivity index (χ0v) is 30.7. The maximum atomic E-state index is 5.10. The van der Waals surface area contributed by atoms with E-state index in [1.54, 1.807) is 0 Å². The van der Waals surface area contributed by atoms with Crippen molar-refractivity contribution in [2.75, 3.05) is 0 Å². The van der Waals surface area contributed by atoms with Gasteiger partial charge in [-0.05, 0) is 78.1 Å². The molecule has 5 nitrogen and oxygen atoms in total. The Morgan fingerprint density at radius 1 is 0.482 bits per heavy atom. The summed E-state index contributed by atoms with van der Waals surface area (Å²) < 4.78 is 4.81. The van der Waals surface area contributed by atoms with E-state index in [2.05, 4.69) is 178 Å². The van der Waals surface area contributed by atoms with Crippen LogP contribution >= 0.6 is 0 Å². The van der Waals surface area contributed by atoms with Gasteiger partial charge in [0.15, 0.2) is 5.84 Å². The van der Waals surface area contributed by atoms with Gasteiger partial charge in [0, 0.05) is 44.1 Å². The normalized spacial score (nSPS) is 15.6. The topological polar surface area (TPSA) is 46.6 Å². The summed E-state index contributed by atoms with van der Waals surface area (Å²) in [5.41, 5.74) is 12.6. The largest absolute Gasteiger partial charge is 0.344 e. The summed E-state index contributed by atoms with van der Waals surface area (Å²) in [6.45, 7) is 0. The summed E-state index contributed by atoms with van der Waals surface area (Å²) in [6, 6.07) is 60.6. The third-order valence-corrected chi connectivity index (χ3v) is 11.2. The molecule has 1 unspecified atom stereocenters. The Morgan fingerprint density at radius 2 is 1.14 bits per heavy atom. The van der Waals surface area contributed by atoms with Gasteiger partial charge >= 0.3 is 0 Å². The van der Waals surface area contributed by atoms with Crippen molar-refractivity contribution < 1.29 is 0 Å². The van der Waals surface area contributed by atoms with Crippen LogP contribution in [0.2, 0.25) is 0 Å². The van der Waals surface area contributed by atoms with Gasteiger partial charge in [0.1, 0.15) is 12.0 Å². The first-order valence-corrected chi connectivity index (χ1v) is 19.3. The quantitative estimate of drug-likeness (QED) is 0.183. The molecule has 1 aliphatic heterocycles. The second-order valence-corrected chi connectivity index (χ2v) is 14.6. The van der Waals surface area contributed by atoms with Crippen LogP contribution in [-0.4, -0.2) is 20.8 Å². The Morgan fingerprint density at radius 3 is 1.95 bits per heavy atom. The molecule has 5 heteroatoms. The zero-order valence-electron chi connectivity index (χ0n) is 30.7. The van der Waals surface area contributed by atoms with Crippen LogP contribution in [0.15, 0.2) is 198 Å². The number of aromatic nitrogens is 2. The molecule has 0 radical (unpaired) electrons. The molecule has 0 bridgehead atoms. The molecular formula is C51H37N5. The van der Waals surface area contributed by atoms with Crippen LogP contribution in [-0.2, 0) is 0 Å². The van der Waals surface area contributed by atoms with E-state index < -0.39 is 0 Å². The fourth-order valence-corrected chi connectivity index (χ4v) is 8.54. The number of allylic oxidation sites excluding steroid dienone is 4. The fourth-order valence-electron chi connectivity index (χ4n) is 8.54. The van der Waals surface area contributed by atoms with Crippen molar-refractivity contribution in [1.82, 2.24) is 14.5 Å². The van der Waals surface area contributed by atoms with Crippen LogP contribution in [0.3, 0.4) is 0 Å². The predicted octanol–water partition coefficient (Wildman–Crippen LogP) is 12.2. The SMILES string of the molecule is C1=CC(n2c3ccccc3c3ccc(-c4ccc5c(c4)c4ccccc4n5-c4cccc(C5=NC(c6ccccc6)=NC(c6ccccc6)N5)c4)cc32)=CCC1. The molecule has 1 N–H and O–H groups in total. The summed E-state index contributed by atoms with van der Waals surface area (Å²) in [4.78, 5) is 10.1. The van der Waals surface area contributed by atoms with Crippen molar-refractivity contribution in [3.05, 3.63) is 205 Å². The van der Waals surface area contributed by atoms with Crippen LogP contribution in [0.5, 0.6) is 0 Å². The molecule has 2 aliphatic rings. The van der Waals surface area contributed by atoms with Crippen LogP contribution in [0, 0.1) is 0 Å². The Balaban J connectivity index is 1.03. The molecular weight excluding hydrogens is 683 g/mol. The van der Waals surface area contributed by atoms with Crippen molar-refractivity contribution in [2.24, 2.45) is 9.98 Å². The van der Waals surface area contributed by atoms with Gasteiger partial charge in [-0.15, -0.1) is 0 Å². The molecule has 0 fully saturated rings. The lowest BCUT2D eigenvalue weighted by Crippen LogP contribution is -2.33. The Kier molecular flexibility index (Phi) is 7.62. The number of fused-ring (bicyclic) bond motifs is 6. The van der Waals surface area contributed by atoms with Crippen LogP contribution in [0.4, 0.5) is 0 Å². The van der Waals surface area contributed by atoms with Gasteiger partial charge in [0.05, 0.1) is 22.1 Å². The maximum Gasteiger partial charge on any atom is 0.159 e. The molecule has 1 aliphatic carbocycles. The Hall–Kier alpha value is -7.24. The van der Waals surface area contributed by atoms with Gasteiger partial charge in [0.25, 0.3) is 0 Å². The first-order valence-electron chi connectivity index (χ1n) is 19.3. The molecule has 3 heterocycles. The van der Waals surface area contributed by atoms with E-state index in [9.17, 15) is 0 Å². The molecule has 9 aromatic rings. The van der Waals surface area contributed by atoms with Crippen LogP contribution in [0.1, 0.15) is 35.7 Å². The maximum absolute atomic E-state index is 5.10. The van der Waals surface area contributed by atoms with Crippen molar-refractivity contribution in [1.29, 1.82) is 0 Å². The average molecular weight is 720 g/mol. The minimum atomic E-state index is -0.259. The third-order valence-electron chi connectivity index (χ3n) is 11.2. The average Bonchev–Trinajstić information content (AvgIpc) is 3.79. The predicted molar refractivity (Wildman–Crippen MR) is 234 cm³/mol. The van der Waals surface area contributed by atoms with E-state index >= 15 is 0 Å². The number of rotatable bonds is 6. The van der Waals surface area contributed by atoms with Gasteiger partial charge in [0.2, 0.25) is 0 Å². The molecule has 0 saturated carbocycles. The highest BCUT2D eigenvalue weighted by molar-refractivity contribution is 6.15. The lowest BCUT2D eigenvalue weighted by molar-refractivity contribution is 0.674.